The third-order valence-electron chi connectivity index (χ3n) is 6.34. The second-order valence-electron chi connectivity index (χ2n) is 9.07. The molecule has 0 bridgehead atoms. The lowest BCUT2D eigenvalue weighted by molar-refractivity contribution is -0.140. The SMILES string of the molecule is CCNC(=O)C(CC)N(Cc1ccccc1C)C(=O)CN(c1ccc(Cl)cc1)S(=O)(=O)c1ccc(C)cc1. The standard InChI is InChI=1S/C29H34ClN3O4S/c1-5-27(29(35)31-6-2)32(19-23-10-8-7-9-22(23)4)28(34)20-33(25-15-13-24(30)14-16-25)38(36,37)26-17-11-21(3)12-18-26/h7-18,27H,5-6,19-20H2,1-4H3,(H,31,35). The molecule has 0 aliphatic carbocycles. The third kappa shape index (κ3) is 6.94. The Bertz CT molecular complexity index is 1360. The lowest BCUT2D eigenvalue weighted by Crippen LogP contribution is -2.52. The summed E-state index contributed by atoms with van der Waals surface area (Å²) in [6.07, 6.45) is 0.370. The van der Waals surface area contributed by atoms with Crippen molar-refractivity contribution in [2.45, 2.75) is 51.6 Å². The molecule has 7 nitrogen and oxygen atoms in total. The number of hydrogen-bond donors (Lipinski definition) is 1. The molecule has 2 amide bonds. The van der Waals surface area contributed by atoms with E-state index in [-0.39, 0.29) is 17.3 Å². The van der Waals surface area contributed by atoms with Crippen molar-refractivity contribution in [3.8, 4) is 0 Å². The fraction of sp³-hybridized carbons (Fsp3) is 0.310. The number of halogens is 1. The minimum absolute atomic E-state index is 0.0621. The van der Waals surface area contributed by atoms with E-state index in [9.17, 15) is 18.0 Å². The van der Waals surface area contributed by atoms with Gasteiger partial charge in [0.15, 0.2) is 0 Å². The highest BCUT2D eigenvalue weighted by molar-refractivity contribution is 7.92. The number of carbonyl (C=O) groups excluding carboxylic acids is 2. The topological polar surface area (TPSA) is 86.8 Å². The zero-order valence-electron chi connectivity index (χ0n) is 22.1. The van der Waals surface area contributed by atoms with Gasteiger partial charge in [0.05, 0.1) is 10.6 Å². The zero-order valence-corrected chi connectivity index (χ0v) is 23.7. The summed E-state index contributed by atoms with van der Waals surface area (Å²) in [4.78, 5) is 28.5. The molecule has 1 N–H and O–H groups in total. The Morgan fingerprint density at radius 2 is 1.55 bits per heavy atom. The molecule has 38 heavy (non-hydrogen) atoms. The number of rotatable bonds is 11. The highest BCUT2D eigenvalue weighted by atomic mass is 35.5. The molecule has 3 aromatic rings. The molecule has 0 spiro atoms. The van der Waals surface area contributed by atoms with Gasteiger partial charge in [-0.2, -0.15) is 0 Å². The molecule has 3 rings (SSSR count). The molecule has 0 aliphatic heterocycles. The highest BCUT2D eigenvalue weighted by Crippen LogP contribution is 2.26. The molecule has 0 aliphatic rings. The van der Waals surface area contributed by atoms with Crippen LogP contribution in [0.5, 0.6) is 0 Å². The van der Waals surface area contributed by atoms with E-state index in [0.29, 0.717) is 23.7 Å². The maximum Gasteiger partial charge on any atom is 0.264 e. The van der Waals surface area contributed by atoms with Crippen molar-refractivity contribution in [1.82, 2.24) is 10.2 Å². The van der Waals surface area contributed by atoms with Crippen molar-refractivity contribution < 1.29 is 18.0 Å². The Balaban J connectivity index is 2.06. The quantitative estimate of drug-likeness (QED) is 0.357. The van der Waals surface area contributed by atoms with Crippen molar-refractivity contribution >= 4 is 39.1 Å². The van der Waals surface area contributed by atoms with E-state index < -0.39 is 28.5 Å². The smallest absolute Gasteiger partial charge is 0.264 e. The Morgan fingerprint density at radius 3 is 2.13 bits per heavy atom. The summed E-state index contributed by atoms with van der Waals surface area (Å²) < 4.78 is 28.7. The summed E-state index contributed by atoms with van der Waals surface area (Å²) in [5.74, 6) is -0.770. The second kappa shape index (κ2) is 12.9. The van der Waals surface area contributed by atoms with E-state index in [0.717, 1.165) is 21.0 Å². The number of sulfonamides is 1. The Morgan fingerprint density at radius 1 is 0.921 bits per heavy atom. The molecule has 1 unspecified atom stereocenters. The number of hydrogen-bond acceptors (Lipinski definition) is 4. The molecule has 0 saturated carbocycles. The van der Waals surface area contributed by atoms with Gasteiger partial charge in [0.2, 0.25) is 11.8 Å². The average Bonchev–Trinajstić information content (AvgIpc) is 2.89. The van der Waals surface area contributed by atoms with Gasteiger partial charge in [0, 0.05) is 18.1 Å². The van der Waals surface area contributed by atoms with Crippen molar-refractivity contribution in [2.24, 2.45) is 0 Å². The van der Waals surface area contributed by atoms with Crippen LogP contribution >= 0.6 is 11.6 Å². The van der Waals surface area contributed by atoms with Gasteiger partial charge in [-0.25, -0.2) is 8.42 Å². The van der Waals surface area contributed by atoms with E-state index in [2.05, 4.69) is 5.32 Å². The highest BCUT2D eigenvalue weighted by Gasteiger charge is 2.33. The van der Waals surface area contributed by atoms with Crippen LogP contribution in [-0.4, -0.2) is 44.3 Å². The number of carbonyl (C=O) groups is 2. The largest absolute Gasteiger partial charge is 0.355 e. The fourth-order valence-electron chi connectivity index (χ4n) is 4.16. The van der Waals surface area contributed by atoms with Crippen LogP contribution in [0.4, 0.5) is 5.69 Å². The fourth-order valence-corrected chi connectivity index (χ4v) is 5.70. The maximum absolute atomic E-state index is 14.0. The molecule has 0 fully saturated rings. The molecule has 1 atom stereocenters. The van der Waals surface area contributed by atoms with Gasteiger partial charge in [0.25, 0.3) is 10.0 Å². The summed E-state index contributed by atoms with van der Waals surface area (Å²) in [5.41, 5.74) is 3.06. The van der Waals surface area contributed by atoms with Crippen LogP contribution in [0.25, 0.3) is 0 Å². The van der Waals surface area contributed by atoms with E-state index in [1.54, 1.807) is 36.4 Å². The van der Waals surface area contributed by atoms with Gasteiger partial charge in [-0.05, 0) is 74.7 Å². The molecule has 202 valence electrons. The van der Waals surface area contributed by atoms with Crippen LogP contribution in [0.15, 0.2) is 77.7 Å². The van der Waals surface area contributed by atoms with Gasteiger partial charge in [-0.1, -0.05) is 60.5 Å². The first-order valence-electron chi connectivity index (χ1n) is 12.5. The summed E-state index contributed by atoms with van der Waals surface area (Å²) >= 11 is 6.06. The normalized spacial score (nSPS) is 12.0. The predicted octanol–water partition coefficient (Wildman–Crippen LogP) is 5.10. The first-order valence-corrected chi connectivity index (χ1v) is 14.4. The van der Waals surface area contributed by atoms with Crippen molar-refractivity contribution in [3.05, 3.63) is 94.5 Å². The van der Waals surface area contributed by atoms with Gasteiger partial charge >= 0.3 is 0 Å². The minimum atomic E-state index is -4.11. The van der Waals surface area contributed by atoms with Gasteiger partial charge in [-0.15, -0.1) is 0 Å². The molecule has 9 heteroatoms. The number of nitrogens with one attached hydrogen (secondary N) is 1. The van der Waals surface area contributed by atoms with Crippen molar-refractivity contribution in [2.75, 3.05) is 17.4 Å². The Kier molecular flexibility index (Phi) is 9.94. The van der Waals surface area contributed by atoms with Crippen LogP contribution in [-0.2, 0) is 26.2 Å². The van der Waals surface area contributed by atoms with Crippen molar-refractivity contribution in [3.63, 3.8) is 0 Å². The Hall–Kier alpha value is -3.36. The number of aryl methyl sites for hydroxylation is 2. The van der Waals surface area contributed by atoms with E-state index in [1.165, 1.54) is 17.0 Å². The summed E-state index contributed by atoms with van der Waals surface area (Å²) in [5, 5.41) is 3.25. The number of amides is 2. The molecular weight excluding hydrogens is 522 g/mol. The monoisotopic (exact) mass is 555 g/mol. The lowest BCUT2D eigenvalue weighted by atomic mass is 10.1. The number of benzene rings is 3. The molecule has 3 aromatic carbocycles. The van der Waals surface area contributed by atoms with Gasteiger partial charge in [0.1, 0.15) is 12.6 Å². The predicted molar refractivity (Wildman–Crippen MR) is 152 cm³/mol. The average molecular weight is 556 g/mol. The summed E-state index contributed by atoms with van der Waals surface area (Å²) in [6, 6.07) is 19.6. The zero-order chi connectivity index (χ0) is 27.9. The van der Waals surface area contributed by atoms with E-state index in [1.807, 2.05) is 52.0 Å². The second-order valence-corrected chi connectivity index (χ2v) is 11.4. The van der Waals surface area contributed by atoms with Crippen LogP contribution in [0.3, 0.4) is 0 Å². The summed E-state index contributed by atoms with van der Waals surface area (Å²) in [6.45, 7) is 7.55. The van der Waals surface area contributed by atoms with Crippen LogP contribution < -0.4 is 9.62 Å². The lowest BCUT2D eigenvalue weighted by Gasteiger charge is -2.33. The van der Waals surface area contributed by atoms with E-state index >= 15 is 0 Å². The molecule has 0 radical (unpaired) electrons. The van der Waals surface area contributed by atoms with E-state index in [4.69, 9.17) is 11.6 Å². The third-order valence-corrected chi connectivity index (χ3v) is 8.38. The first kappa shape index (κ1) is 29.2. The number of nitrogens with zero attached hydrogens (tertiary/aromatic N) is 2. The first-order chi connectivity index (χ1) is 18.1. The molecule has 0 aromatic heterocycles. The number of anilines is 1. The Labute approximate surface area is 230 Å². The molecule has 0 heterocycles. The molecule has 0 saturated heterocycles. The van der Waals surface area contributed by atoms with Crippen LogP contribution in [0.2, 0.25) is 5.02 Å². The van der Waals surface area contributed by atoms with Crippen LogP contribution in [0, 0.1) is 13.8 Å². The molecular formula is C29H34ClN3O4S. The maximum atomic E-state index is 14.0. The van der Waals surface area contributed by atoms with Crippen LogP contribution in [0.1, 0.15) is 37.0 Å². The minimum Gasteiger partial charge on any atom is -0.355 e. The van der Waals surface area contributed by atoms with Crippen molar-refractivity contribution in [1.29, 1.82) is 0 Å². The van der Waals surface area contributed by atoms with Gasteiger partial charge in [-0.3, -0.25) is 13.9 Å². The van der Waals surface area contributed by atoms with Gasteiger partial charge < -0.3 is 10.2 Å². The number of likely N-dealkylation sites (N-methyl/N-ethyl adjacent to an activating group) is 1. The summed E-state index contributed by atoms with van der Waals surface area (Å²) in [7, 11) is -4.11.